The van der Waals surface area contributed by atoms with Crippen molar-refractivity contribution in [2.75, 3.05) is 23.4 Å². The normalized spacial score (nSPS) is 10.4. The van der Waals surface area contributed by atoms with Crippen LogP contribution in [0.15, 0.2) is 40.0 Å². The summed E-state index contributed by atoms with van der Waals surface area (Å²) in [5.74, 6) is 1.71. The van der Waals surface area contributed by atoms with E-state index in [9.17, 15) is 0 Å². The van der Waals surface area contributed by atoms with Crippen molar-refractivity contribution in [1.29, 1.82) is 0 Å². The van der Waals surface area contributed by atoms with Crippen molar-refractivity contribution in [1.82, 2.24) is 9.97 Å². The van der Waals surface area contributed by atoms with Gasteiger partial charge in [-0.1, -0.05) is 46.7 Å². The Kier molecular flexibility index (Phi) is 6.32. The molecule has 0 aliphatic rings. The van der Waals surface area contributed by atoms with Gasteiger partial charge in [0.2, 0.25) is 0 Å². The Morgan fingerprint density at radius 3 is 2.38 bits per heavy atom. The first-order valence-corrected chi connectivity index (χ1v) is 8.88. The molecule has 0 bridgehead atoms. The van der Waals surface area contributed by atoms with E-state index in [0.29, 0.717) is 0 Å². The molecular weight excluding hydrogens is 348 g/mol. The van der Waals surface area contributed by atoms with Gasteiger partial charge in [0.05, 0.1) is 0 Å². The minimum atomic E-state index is 0.741. The lowest BCUT2D eigenvalue weighted by Crippen LogP contribution is -2.07. The summed E-state index contributed by atoms with van der Waals surface area (Å²) in [6.45, 7) is 3.79. The lowest BCUT2D eigenvalue weighted by molar-refractivity contribution is 0.922. The van der Waals surface area contributed by atoms with Gasteiger partial charge in [-0.25, -0.2) is 9.97 Å². The van der Waals surface area contributed by atoms with Crippen LogP contribution >= 0.6 is 27.7 Å². The molecule has 1 heterocycles. The minimum absolute atomic E-state index is 0.741. The standard InChI is InChI=1S/C15H19BrN4S/c1-3-8-17-13-9-14(20-15(19-13)21-2)18-10-11-4-6-12(16)7-5-11/h4-7,9H,3,8,10H2,1-2H3,(H2,17,18,19,20). The van der Waals surface area contributed by atoms with Crippen LogP contribution in [-0.2, 0) is 6.54 Å². The Hall–Kier alpha value is -1.27. The fourth-order valence-electron chi connectivity index (χ4n) is 1.75. The summed E-state index contributed by atoms with van der Waals surface area (Å²) in [5.41, 5.74) is 1.21. The van der Waals surface area contributed by atoms with Crippen LogP contribution in [-0.4, -0.2) is 22.8 Å². The fourth-order valence-corrected chi connectivity index (χ4v) is 2.39. The van der Waals surface area contributed by atoms with E-state index < -0.39 is 0 Å². The highest BCUT2D eigenvalue weighted by Crippen LogP contribution is 2.18. The van der Waals surface area contributed by atoms with Crippen LogP contribution in [0.4, 0.5) is 11.6 Å². The quantitative estimate of drug-likeness (QED) is 0.561. The number of anilines is 2. The Balaban J connectivity index is 2.05. The Morgan fingerprint density at radius 1 is 1.10 bits per heavy atom. The van der Waals surface area contributed by atoms with Crippen molar-refractivity contribution >= 4 is 39.3 Å². The number of benzene rings is 1. The summed E-state index contributed by atoms with van der Waals surface area (Å²) in [6.07, 6.45) is 3.05. The summed E-state index contributed by atoms with van der Waals surface area (Å²) in [7, 11) is 0. The monoisotopic (exact) mass is 366 g/mol. The molecule has 0 unspecified atom stereocenters. The van der Waals surface area contributed by atoms with E-state index in [0.717, 1.165) is 40.8 Å². The summed E-state index contributed by atoms with van der Waals surface area (Å²) in [5, 5.41) is 7.43. The molecule has 0 saturated carbocycles. The minimum Gasteiger partial charge on any atom is -0.370 e. The van der Waals surface area contributed by atoms with Crippen molar-refractivity contribution in [3.63, 3.8) is 0 Å². The molecule has 0 aliphatic carbocycles. The molecule has 0 atom stereocenters. The van der Waals surface area contributed by atoms with Gasteiger partial charge in [0.25, 0.3) is 0 Å². The summed E-state index contributed by atoms with van der Waals surface area (Å²) >= 11 is 4.99. The van der Waals surface area contributed by atoms with Gasteiger partial charge in [-0.05, 0) is 30.4 Å². The Bertz CT molecular complexity index is 574. The molecular formula is C15H19BrN4S. The van der Waals surface area contributed by atoms with E-state index in [1.807, 2.05) is 24.5 Å². The maximum Gasteiger partial charge on any atom is 0.191 e. The molecule has 2 N–H and O–H groups in total. The highest BCUT2D eigenvalue weighted by atomic mass is 79.9. The summed E-state index contributed by atoms with van der Waals surface area (Å²) in [6, 6.07) is 10.2. The van der Waals surface area contributed by atoms with Gasteiger partial charge >= 0.3 is 0 Å². The van der Waals surface area contributed by atoms with E-state index >= 15 is 0 Å². The first kappa shape index (κ1) is 16.1. The maximum absolute atomic E-state index is 4.48. The predicted molar refractivity (Wildman–Crippen MR) is 94.1 cm³/mol. The van der Waals surface area contributed by atoms with Gasteiger partial charge in [0, 0.05) is 23.6 Å². The molecule has 1 aromatic carbocycles. The van der Waals surface area contributed by atoms with Gasteiger partial charge in [-0.15, -0.1) is 0 Å². The topological polar surface area (TPSA) is 49.8 Å². The largest absolute Gasteiger partial charge is 0.370 e. The third kappa shape index (κ3) is 5.21. The molecule has 2 aromatic rings. The van der Waals surface area contributed by atoms with Crippen molar-refractivity contribution < 1.29 is 0 Å². The number of aromatic nitrogens is 2. The van der Waals surface area contributed by atoms with Gasteiger partial charge in [-0.3, -0.25) is 0 Å². The number of hydrogen-bond donors (Lipinski definition) is 2. The molecule has 6 heteroatoms. The smallest absolute Gasteiger partial charge is 0.191 e. The number of thioether (sulfide) groups is 1. The first-order valence-electron chi connectivity index (χ1n) is 6.86. The molecule has 0 aliphatic heterocycles. The SMILES string of the molecule is CCCNc1cc(NCc2ccc(Br)cc2)nc(SC)n1. The fraction of sp³-hybridized carbons (Fsp3) is 0.333. The number of rotatable bonds is 7. The average Bonchev–Trinajstić information content (AvgIpc) is 2.52. The van der Waals surface area contributed by atoms with Crippen molar-refractivity contribution in [2.45, 2.75) is 25.0 Å². The van der Waals surface area contributed by atoms with E-state index in [-0.39, 0.29) is 0 Å². The van der Waals surface area contributed by atoms with Gasteiger partial charge in [0.1, 0.15) is 11.6 Å². The number of hydrogen-bond acceptors (Lipinski definition) is 5. The van der Waals surface area contributed by atoms with Crippen LogP contribution < -0.4 is 10.6 Å². The van der Waals surface area contributed by atoms with E-state index in [1.54, 1.807) is 11.8 Å². The summed E-state index contributed by atoms with van der Waals surface area (Å²) < 4.78 is 1.09. The zero-order valence-electron chi connectivity index (χ0n) is 12.2. The molecule has 0 amide bonds. The molecule has 1 aromatic heterocycles. The highest BCUT2D eigenvalue weighted by Gasteiger charge is 2.04. The van der Waals surface area contributed by atoms with Gasteiger partial charge < -0.3 is 10.6 Å². The molecule has 0 spiro atoms. The number of nitrogens with zero attached hydrogens (tertiary/aromatic N) is 2. The van der Waals surface area contributed by atoms with Crippen LogP contribution in [0, 0.1) is 0 Å². The number of nitrogens with one attached hydrogen (secondary N) is 2. The average molecular weight is 367 g/mol. The number of halogens is 1. The van der Waals surface area contributed by atoms with Crippen molar-refractivity contribution in [3.8, 4) is 0 Å². The second-order valence-electron chi connectivity index (χ2n) is 4.53. The summed E-state index contributed by atoms with van der Waals surface area (Å²) in [4.78, 5) is 8.93. The van der Waals surface area contributed by atoms with Gasteiger partial charge in [-0.2, -0.15) is 0 Å². The van der Waals surface area contributed by atoms with Crippen LogP contribution in [0.3, 0.4) is 0 Å². The molecule has 0 fully saturated rings. The van der Waals surface area contributed by atoms with Gasteiger partial charge in [0.15, 0.2) is 5.16 Å². The molecule has 2 rings (SSSR count). The lowest BCUT2D eigenvalue weighted by Gasteiger charge is -2.10. The predicted octanol–water partition coefficient (Wildman–Crippen LogP) is 4.40. The van der Waals surface area contributed by atoms with Crippen LogP contribution in [0.25, 0.3) is 0 Å². The van der Waals surface area contributed by atoms with E-state index in [2.05, 4.69) is 55.6 Å². The van der Waals surface area contributed by atoms with Crippen molar-refractivity contribution in [2.24, 2.45) is 0 Å². The maximum atomic E-state index is 4.48. The Morgan fingerprint density at radius 2 is 1.76 bits per heavy atom. The van der Waals surface area contributed by atoms with Crippen molar-refractivity contribution in [3.05, 3.63) is 40.4 Å². The molecule has 0 saturated heterocycles. The van der Waals surface area contributed by atoms with Crippen LogP contribution in [0.5, 0.6) is 0 Å². The molecule has 21 heavy (non-hydrogen) atoms. The second kappa shape index (κ2) is 8.24. The third-order valence-electron chi connectivity index (χ3n) is 2.83. The zero-order chi connectivity index (χ0) is 15.1. The van der Waals surface area contributed by atoms with Crippen LogP contribution in [0.2, 0.25) is 0 Å². The first-order chi connectivity index (χ1) is 10.2. The van der Waals surface area contributed by atoms with E-state index in [1.165, 1.54) is 5.56 Å². The lowest BCUT2D eigenvalue weighted by atomic mass is 10.2. The molecule has 0 radical (unpaired) electrons. The molecule has 112 valence electrons. The second-order valence-corrected chi connectivity index (χ2v) is 6.22. The molecule has 4 nitrogen and oxygen atoms in total. The Labute approximate surface area is 138 Å². The zero-order valence-corrected chi connectivity index (χ0v) is 14.6. The van der Waals surface area contributed by atoms with Crippen LogP contribution in [0.1, 0.15) is 18.9 Å². The van der Waals surface area contributed by atoms with E-state index in [4.69, 9.17) is 0 Å². The third-order valence-corrected chi connectivity index (χ3v) is 3.91. The highest BCUT2D eigenvalue weighted by molar-refractivity contribution is 9.10.